The Labute approximate surface area is 119 Å². The Morgan fingerprint density at radius 1 is 1.10 bits per heavy atom. The lowest BCUT2D eigenvalue weighted by atomic mass is 10.1. The first-order valence-corrected chi connectivity index (χ1v) is 7.79. The molecule has 0 amide bonds. The van der Waals surface area contributed by atoms with E-state index >= 15 is 0 Å². The van der Waals surface area contributed by atoms with Crippen LogP contribution in [-0.2, 0) is 10.0 Å². The maximum Gasteiger partial charge on any atom is 0.243 e. The van der Waals surface area contributed by atoms with E-state index in [0.29, 0.717) is 16.8 Å². The molecule has 1 aromatic carbocycles. The van der Waals surface area contributed by atoms with Crippen molar-refractivity contribution in [3.8, 4) is 0 Å². The van der Waals surface area contributed by atoms with E-state index in [0.717, 1.165) is 9.87 Å². The molecular weight excluding hydrogens is 280 g/mol. The van der Waals surface area contributed by atoms with Crippen molar-refractivity contribution in [1.82, 2.24) is 4.31 Å². The predicted molar refractivity (Wildman–Crippen MR) is 78.0 cm³/mol. The van der Waals surface area contributed by atoms with Gasteiger partial charge in [-0.2, -0.15) is 4.31 Å². The first-order chi connectivity index (χ1) is 9.27. The molecule has 4 N–H and O–H groups in total. The van der Waals surface area contributed by atoms with Crippen molar-refractivity contribution in [2.24, 2.45) is 0 Å². The van der Waals surface area contributed by atoms with Gasteiger partial charge >= 0.3 is 0 Å². The molecule has 6 nitrogen and oxygen atoms in total. The molecule has 0 atom stereocenters. The standard InChI is InChI=1S/C13H22N2O4S/c1-9-8-12(14)11(3)13(10(9)2)20(18,19)15(4-6-16)5-7-17/h8,16-17H,4-7,14H2,1-3H3. The minimum Gasteiger partial charge on any atom is -0.398 e. The molecule has 0 radical (unpaired) electrons. The number of nitrogens with two attached hydrogens (primary N) is 1. The molecule has 0 bridgehead atoms. The lowest BCUT2D eigenvalue weighted by Gasteiger charge is -2.24. The van der Waals surface area contributed by atoms with E-state index in [2.05, 4.69) is 0 Å². The van der Waals surface area contributed by atoms with Crippen LogP contribution in [0.4, 0.5) is 5.69 Å². The summed E-state index contributed by atoms with van der Waals surface area (Å²) in [5.41, 5.74) is 8.19. The van der Waals surface area contributed by atoms with Crippen LogP contribution in [0, 0.1) is 20.8 Å². The normalized spacial score (nSPS) is 12.1. The fourth-order valence-electron chi connectivity index (χ4n) is 2.13. The molecule has 1 aromatic rings. The van der Waals surface area contributed by atoms with Crippen LogP contribution in [-0.4, -0.2) is 49.2 Å². The summed E-state index contributed by atoms with van der Waals surface area (Å²) in [6, 6.07) is 1.74. The number of aliphatic hydroxyl groups excluding tert-OH is 2. The van der Waals surface area contributed by atoms with Crippen LogP contribution in [0.1, 0.15) is 16.7 Å². The number of benzene rings is 1. The highest BCUT2D eigenvalue weighted by atomic mass is 32.2. The van der Waals surface area contributed by atoms with E-state index in [-0.39, 0.29) is 31.2 Å². The van der Waals surface area contributed by atoms with Gasteiger partial charge in [0.25, 0.3) is 0 Å². The molecule has 7 heteroatoms. The molecular formula is C13H22N2O4S. The zero-order chi connectivity index (χ0) is 15.5. The van der Waals surface area contributed by atoms with Crippen molar-refractivity contribution in [3.63, 3.8) is 0 Å². The number of rotatable bonds is 6. The molecule has 1 rings (SSSR count). The molecule has 114 valence electrons. The quantitative estimate of drug-likeness (QED) is 0.650. The van der Waals surface area contributed by atoms with Gasteiger partial charge in [-0.15, -0.1) is 0 Å². The maximum atomic E-state index is 12.7. The summed E-state index contributed by atoms with van der Waals surface area (Å²) in [6.07, 6.45) is 0. The van der Waals surface area contributed by atoms with E-state index in [1.807, 2.05) is 0 Å². The average Bonchev–Trinajstić information content (AvgIpc) is 2.36. The number of hydrogen-bond acceptors (Lipinski definition) is 5. The minimum absolute atomic E-state index is 0.0599. The third-order valence-corrected chi connectivity index (χ3v) is 5.55. The van der Waals surface area contributed by atoms with Gasteiger partial charge in [0.2, 0.25) is 10.0 Å². The molecule has 0 saturated carbocycles. The van der Waals surface area contributed by atoms with Crippen molar-refractivity contribution in [3.05, 3.63) is 22.8 Å². The van der Waals surface area contributed by atoms with Gasteiger partial charge in [-0.1, -0.05) is 0 Å². The second-order valence-corrected chi connectivity index (χ2v) is 6.59. The Hall–Kier alpha value is -1.15. The van der Waals surface area contributed by atoms with Crippen LogP contribution in [0.15, 0.2) is 11.0 Å². The van der Waals surface area contributed by atoms with E-state index in [1.165, 1.54) is 0 Å². The smallest absolute Gasteiger partial charge is 0.243 e. The number of hydrogen-bond donors (Lipinski definition) is 3. The number of sulfonamides is 1. The highest BCUT2D eigenvalue weighted by Crippen LogP contribution is 2.30. The van der Waals surface area contributed by atoms with Crippen LogP contribution in [0.25, 0.3) is 0 Å². The zero-order valence-electron chi connectivity index (χ0n) is 12.0. The monoisotopic (exact) mass is 302 g/mol. The Kier molecular flexibility index (Phi) is 5.52. The molecule has 0 aliphatic rings. The van der Waals surface area contributed by atoms with Gasteiger partial charge < -0.3 is 15.9 Å². The Bertz CT molecular complexity index is 552. The van der Waals surface area contributed by atoms with Crippen molar-refractivity contribution in [1.29, 1.82) is 0 Å². The SMILES string of the molecule is Cc1cc(N)c(C)c(S(=O)(=O)N(CCO)CCO)c1C. The summed E-state index contributed by atoms with van der Waals surface area (Å²) >= 11 is 0. The number of aliphatic hydroxyl groups is 2. The van der Waals surface area contributed by atoms with Crippen LogP contribution in [0.5, 0.6) is 0 Å². The fourth-order valence-corrected chi connectivity index (χ4v) is 4.09. The lowest BCUT2D eigenvalue weighted by molar-refractivity contribution is 0.217. The molecule has 0 aromatic heterocycles. The summed E-state index contributed by atoms with van der Waals surface area (Å²) in [6.45, 7) is 4.45. The molecule has 0 fully saturated rings. The van der Waals surface area contributed by atoms with E-state index < -0.39 is 10.0 Å². The van der Waals surface area contributed by atoms with Gasteiger partial charge in [0.05, 0.1) is 18.1 Å². The van der Waals surface area contributed by atoms with E-state index in [9.17, 15) is 8.42 Å². The highest BCUT2D eigenvalue weighted by molar-refractivity contribution is 7.89. The van der Waals surface area contributed by atoms with Crippen molar-refractivity contribution < 1.29 is 18.6 Å². The third-order valence-electron chi connectivity index (χ3n) is 3.37. The van der Waals surface area contributed by atoms with Crippen LogP contribution in [0.3, 0.4) is 0 Å². The molecule has 0 aliphatic carbocycles. The molecule has 0 aliphatic heterocycles. The molecule has 0 spiro atoms. The van der Waals surface area contributed by atoms with Gasteiger partial charge in [0.1, 0.15) is 0 Å². The maximum absolute atomic E-state index is 12.7. The molecule has 0 saturated heterocycles. The molecule has 20 heavy (non-hydrogen) atoms. The van der Waals surface area contributed by atoms with Crippen molar-refractivity contribution >= 4 is 15.7 Å². The van der Waals surface area contributed by atoms with Gasteiger partial charge in [-0.3, -0.25) is 0 Å². The molecule has 0 unspecified atom stereocenters. The Morgan fingerprint density at radius 3 is 2.05 bits per heavy atom. The zero-order valence-corrected chi connectivity index (χ0v) is 12.9. The van der Waals surface area contributed by atoms with Gasteiger partial charge in [-0.25, -0.2) is 8.42 Å². The van der Waals surface area contributed by atoms with Crippen LogP contribution in [0.2, 0.25) is 0 Å². The summed E-state index contributed by atoms with van der Waals surface area (Å²) < 4.78 is 26.5. The minimum atomic E-state index is -3.80. The topological polar surface area (TPSA) is 104 Å². The van der Waals surface area contributed by atoms with E-state index in [1.54, 1.807) is 26.8 Å². The summed E-state index contributed by atoms with van der Waals surface area (Å²) in [5.74, 6) is 0. The molecule has 0 heterocycles. The fraction of sp³-hybridized carbons (Fsp3) is 0.538. The van der Waals surface area contributed by atoms with Crippen molar-refractivity contribution in [2.75, 3.05) is 32.0 Å². The largest absolute Gasteiger partial charge is 0.398 e. The third kappa shape index (κ3) is 3.12. The summed E-state index contributed by atoms with van der Waals surface area (Å²) in [7, 11) is -3.80. The predicted octanol–water partition coefficient (Wildman–Crippen LogP) is 0.169. The summed E-state index contributed by atoms with van der Waals surface area (Å²) in [4.78, 5) is 0.164. The number of nitrogen functional groups attached to an aromatic ring is 1. The average molecular weight is 302 g/mol. The van der Waals surface area contributed by atoms with Gasteiger partial charge in [-0.05, 0) is 43.5 Å². The number of nitrogens with zero attached hydrogens (tertiary/aromatic N) is 1. The highest BCUT2D eigenvalue weighted by Gasteiger charge is 2.28. The second kappa shape index (κ2) is 6.53. The van der Waals surface area contributed by atoms with Gasteiger partial charge in [0.15, 0.2) is 0 Å². The lowest BCUT2D eigenvalue weighted by Crippen LogP contribution is -2.36. The first kappa shape index (κ1) is 16.9. The summed E-state index contributed by atoms with van der Waals surface area (Å²) in [5, 5.41) is 18.0. The number of aryl methyl sites for hydroxylation is 1. The second-order valence-electron chi connectivity index (χ2n) is 4.71. The Balaban J connectivity index is 3.48. The van der Waals surface area contributed by atoms with Crippen LogP contribution < -0.4 is 5.73 Å². The van der Waals surface area contributed by atoms with Crippen molar-refractivity contribution in [2.45, 2.75) is 25.7 Å². The van der Waals surface area contributed by atoms with Gasteiger partial charge in [0, 0.05) is 18.8 Å². The van der Waals surface area contributed by atoms with E-state index in [4.69, 9.17) is 15.9 Å². The van der Waals surface area contributed by atoms with Crippen LogP contribution >= 0.6 is 0 Å². The number of anilines is 1. The Morgan fingerprint density at radius 2 is 1.60 bits per heavy atom. The first-order valence-electron chi connectivity index (χ1n) is 6.35.